The summed E-state index contributed by atoms with van der Waals surface area (Å²) in [5.41, 5.74) is 2.12. The summed E-state index contributed by atoms with van der Waals surface area (Å²) in [4.78, 5) is 36.5. The second kappa shape index (κ2) is 8.11. The summed E-state index contributed by atoms with van der Waals surface area (Å²) in [6.45, 7) is 3.17. The Kier molecular flexibility index (Phi) is 5.90. The number of rotatable bonds is 7. The number of nitrogens with zero attached hydrogens (tertiary/aromatic N) is 3. The van der Waals surface area contributed by atoms with E-state index in [2.05, 4.69) is 15.8 Å². The van der Waals surface area contributed by atoms with E-state index < -0.39 is 17.5 Å². The summed E-state index contributed by atoms with van der Waals surface area (Å²) < 4.78 is 5.13. The largest absolute Gasteiger partial charge is 0.479 e. The normalized spacial score (nSPS) is 15.7. The molecular weight excluding hydrogens is 338 g/mol. The monoisotopic (exact) mass is 357 g/mol. The molecule has 1 aliphatic heterocycles. The van der Waals surface area contributed by atoms with Crippen LogP contribution in [0.1, 0.15) is 25.8 Å². The van der Waals surface area contributed by atoms with E-state index in [0.29, 0.717) is 5.75 Å². The van der Waals surface area contributed by atoms with Crippen molar-refractivity contribution in [2.45, 2.75) is 25.8 Å². The predicted octanol–water partition coefficient (Wildman–Crippen LogP) is 0.760. The first-order valence-corrected chi connectivity index (χ1v) is 7.89. The molecule has 0 saturated carbocycles. The van der Waals surface area contributed by atoms with Crippen molar-refractivity contribution in [3.63, 3.8) is 0 Å². The summed E-state index contributed by atoms with van der Waals surface area (Å²) in [6, 6.07) is 8.17. The van der Waals surface area contributed by atoms with Gasteiger partial charge in [-0.25, -0.2) is 10.2 Å². The number of urea groups is 1. The number of nitrogens with one attached hydrogen (secondary N) is 2. The van der Waals surface area contributed by atoms with Crippen LogP contribution in [-0.2, 0) is 9.59 Å². The third kappa shape index (κ3) is 4.80. The van der Waals surface area contributed by atoms with Crippen molar-refractivity contribution >= 4 is 24.1 Å². The Balaban J connectivity index is 1.78. The number of hydrogen-bond donors (Lipinski definition) is 2. The van der Waals surface area contributed by atoms with Crippen LogP contribution in [-0.4, -0.2) is 47.7 Å². The number of amides is 4. The first-order valence-electron chi connectivity index (χ1n) is 7.89. The van der Waals surface area contributed by atoms with E-state index in [1.54, 1.807) is 38.1 Å². The maximum absolute atomic E-state index is 12.0. The van der Waals surface area contributed by atoms with E-state index in [9.17, 15) is 14.4 Å². The second-order valence-corrected chi connectivity index (χ2v) is 6.07. The SMILES string of the molecule is CC1(C)NC(=O)N(CCC(=O)N/N=C\c2ccc(OCC#N)cc2)C1=O. The highest BCUT2D eigenvalue weighted by Crippen LogP contribution is 2.16. The van der Waals surface area contributed by atoms with E-state index in [0.717, 1.165) is 10.5 Å². The fourth-order valence-corrected chi connectivity index (χ4v) is 2.23. The number of imide groups is 1. The van der Waals surface area contributed by atoms with Gasteiger partial charge in [-0.1, -0.05) is 0 Å². The van der Waals surface area contributed by atoms with Gasteiger partial charge < -0.3 is 10.1 Å². The van der Waals surface area contributed by atoms with Crippen molar-refractivity contribution in [1.82, 2.24) is 15.6 Å². The Morgan fingerprint density at radius 1 is 1.38 bits per heavy atom. The van der Waals surface area contributed by atoms with Crippen molar-refractivity contribution in [3.8, 4) is 11.8 Å². The van der Waals surface area contributed by atoms with Crippen LogP contribution in [0.4, 0.5) is 4.79 Å². The summed E-state index contributed by atoms with van der Waals surface area (Å²) in [5.74, 6) is -0.220. The predicted molar refractivity (Wildman–Crippen MR) is 92.2 cm³/mol. The quantitative estimate of drug-likeness (QED) is 0.423. The zero-order valence-electron chi connectivity index (χ0n) is 14.5. The van der Waals surface area contributed by atoms with Crippen LogP contribution < -0.4 is 15.5 Å². The minimum Gasteiger partial charge on any atom is -0.479 e. The average molecular weight is 357 g/mol. The molecule has 9 heteroatoms. The van der Waals surface area contributed by atoms with E-state index in [-0.39, 0.29) is 25.5 Å². The fraction of sp³-hybridized carbons (Fsp3) is 0.353. The van der Waals surface area contributed by atoms with Crippen LogP contribution in [0, 0.1) is 11.3 Å². The summed E-state index contributed by atoms with van der Waals surface area (Å²) in [6.07, 6.45) is 1.40. The highest BCUT2D eigenvalue weighted by molar-refractivity contribution is 6.06. The number of ether oxygens (including phenoxy) is 1. The van der Waals surface area contributed by atoms with Gasteiger partial charge in [-0.3, -0.25) is 14.5 Å². The first kappa shape index (κ1) is 18.9. The molecule has 0 spiro atoms. The molecule has 0 aromatic heterocycles. The number of hydrazone groups is 1. The standard InChI is InChI=1S/C17H19N5O4/c1-17(2)15(24)22(16(25)20-17)9-7-14(23)21-19-11-12-3-5-13(6-4-12)26-10-8-18/h3-6,11H,7,9-10H2,1-2H3,(H,20,25)(H,21,23)/b19-11-. The molecule has 0 bridgehead atoms. The molecule has 4 amide bonds. The molecule has 1 fully saturated rings. The van der Waals surface area contributed by atoms with Gasteiger partial charge in [0.15, 0.2) is 6.61 Å². The highest BCUT2D eigenvalue weighted by Gasteiger charge is 2.43. The number of carbonyl (C=O) groups is 3. The molecule has 1 saturated heterocycles. The molecule has 2 rings (SSSR count). The molecule has 9 nitrogen and oxygen atoms in total. The second-order valence-electron chi connectivity index (χ2n) is 6.07. The Labute approximate surface area is 150 Å². The van der Waals surface area contributed by atoms with Crippen molar-refractivity contribution in [2.75, 3.05) is 13.2 Å². The van der Waals surface area contributed by atoms with Crippen molar-refractivity contribution in [2.24, 2.45) is 5.10 Å². The summed E-state index contributed by atoms with van der Waals surface area (Å²) >= 11 is 0. The molecule has 1 heterocycles. The van der Waals surface area contributed by atoms with Crippen LogP contribution in [0.2, 0.25) is 0 Å². The van der Waals surface area contributed by atoms with Gasteiger partial charge >= 0.3 is 6.03 Å². The third-order valence-electron chi connectivity index (χ3n) is 3.59. The summed E-state index contributed by atoms with van der Waals surface area (Å²) in [7, 11) is 0. The molecule has 1 aromatic carbocycles. The van der Waals surface area contributed by atoms with Crippen molar-refractivity contribution < 1.29 is 19.1 Å². The van der Waals surface area contributed by atoms with Gasteiger partial charge in [0.1, 0.15) is 17.4 Å². The van der Waals surface area contributed by atoms with E-state index in [1.165, 1.54) is 6.21 Å². The average Bonchev–Trinajstić information content (AvgIpc) is 2.80. The van der Waals surface area contributed by atoms with E-state index in [4.69, 9.17) is 10.00 Å². The highest BCUT2D eigenvalue weighted by atomic mass is 16.5. The zero-order chi connectivity index (χ0) is 19.2. The van der Waals surface area contributed by atoms with Crippen LogP contribution in [0.15, 0.2) is 29.4 Å². The number of carbonyl (C=O) groups excluding carboxylic acids is 3. The Hall–Kier alpha value is -3.41. The lowest BCUT2D eigenvalue weighted by molar-refractivity contribution is -0.130. The van der Waals surface area contributed by atoms with Gasteiger partial charge in [-0.05, 0) is 43.7 Å². The fourth-order valence-electron chi connectivity index (χ4n) is 2.23. The minimum atomic E-state index is -0.950. The van der Waals surface area contributed by atoms with Crippen molar-refractivity contribution in [1.29, 1.82) is 5.26 Å². The number of benzene rings is 1. The van der Waals surface area contributed by atoms with Crippen LogP contribution in [0.5, 0.6) is 5.75 Å². The van der Waals surface area contributed by atoms with Gasteiger partial charge in [0.2, 0.25) is 5.91 Å². The van der Waals surface area contributed by atoms with Crippen LogP contribution in [0.3, 0.4) is 0 Å². The van der Waals surface area contributed by atoms with Crippen LogP contribution in [0.25, 0.3) is 0 Å². The number of nitriles is 1. The van der Waals surface area contributed by atoms with Gasteiger partial charge in [-0.15, -0.1) is 0 Å². The van der Waals surface area contributed by atoms with Gasteiger partial charge in [0.05, 0.1) is 6.21 Å². The minimum absolute atomic E-state index is 0.0135. The van der Waals surface area contributed by atoms with Gasteiger partial charge in [-0.2, -0.15) is 10.4 Å². The lowest BCUT2D eigenvalue weighted by Crippen LogP contribution is -2.40. The molecule has 0 atom stereocenters. The zero-order valence-corrected chi connectivity index (χ0v) is 14.5. The molecule has 2 N–H and O–H groups in total. The Morgan fingerprint density at radius 2 is 2.08 bits per heavy atom. The molecule has 26 heavy (non-hydrogen) atoms. The summed E-state index contributed by atoms with van der Waals surface area (Å²) in [5, 5.41) is 14.8. The molecular formula is C17H19N5O4. The lowest BCUT2D eigenvalue weighted by atomic mass is 10.1. The molecule has 136 valence electrons. The van der Waals surface area contributed by atoms with Gasteiger partial charge in [0.25, 0.3) is 5.91 Å². The molecule has 0 unspecified atom stereocenters. The van der Waals surface area contributed by atoms with E-state index in [1.807, 2.05) is 6.07 Å². The topological polar surface area (TPSA) is 124 Å². The van der Waals surface area contributed by atoms with Gasteiger partial charge in [0, 0.05) is 13.0 Å². The lowest BCUT2D eigenvalue weighted by Gasteiger charge is -2.15. The van der Waals surface area contributed by atoms with E-state index >= 15 is 0 Å². The maximum atomic E-state index is 12.0. The third-order valence-corrected chi connectivity index (χ3v) is 3.59. The number of hydrogen-bond acceptors (Lipinski definition) is 6. The van der Waals surface area contributed by atoms with Crippen LogP contribution >= 0.6 is 0 Å². The molecule has 1 aliphatic rings. The van der Waals surface area contributed by atoms with Crippen molar-refractivity contribution in [3.05, 3.63) is 29.8 Å². The smallest absolute Gasteiger partial charge is 0.325 e. The first-order chi connectivity index (χ1) is 12.3. The molecule has 0 aliphatic carbocycles. The maximum Gasteiger partial charge on any atom is 0.325 e. The Morgan fingerprint density at radius 3 is 2.65 bits per heavy atom. The molecule has 0 radical (unpaired) electrons. The molecule has 1 aromatic rings. The Bertz CT molecular complexity index is 764.